The van der Waals surface area contributed by atoms with Crippen molar-refractivity contribution < 1.29 is 9.53 Å². The summed E-state index contributed by atoms with van der Waals surface area (Å²) in [7, 11) is 3.43. The van der Waals surface area contributed by atoms with E-state index in [2.05, 4.69) is 4.90 Å². The van der Waals surface area contributed by atoms with Gasteiger partial charge in [0.2, 0.25) is 0 Å². The number of methoxy groups -OCH3 is 1. The molecule has 0 aromatic rings. The van der Waals surface area contributed by atoms with Gasteiger partial charge in [0.05, 0.1) is 12.5 Å². The molecule has 0 aromatic heterocycles. The van der Waals surface area contributed by atoms with Gasteiger partial charge in [-0.15, -0.1) is 0 Å². The van der Waals surface area contributed by atoms with Crippen LogP contribution in [0.5, 0.6) is 0 Å². The molecule has 1 heterocycles. The first kappa shape index (κ1) is 10.5. The molecule has 1 aliphatic heterocycles. The summed E-state index contributed by atoms with van der Waals surface area (Å²) < 4.78 is 4.76. The number of likely N-dealkylation sites (tertiary alicyclic amines) is 1. The minimum atomic E-state index is -0.499. The molecule has 4 nitrogen and oxygen atoms in total. The second kappa shape index (κ2) is 3.64. The van der Waals surface area contributed by atoms with Crippen molar-refractivity contribution in [2.24, 2.45) is 11.1 Å². The summed E-state index contributed by atoms with van der Waals surface area (Å²) in [5.41, 5.74) is 5.44. The predicted octanol–water partition coefficient (Wildman–Crippen LogP) is -0.171. The lowest BCUT2D eigenvalue weighted by atomic mass is 9.77. The van der Waals surface area contributed by atoms with E-state index in [-0.39, 0.29) is 12.0 Å². The number of rotatable bonds is 1. The molecule has 0 amide bonds. The fourth-order valence-electron chi connectivity index (χ4n) is 1.72. The van der Waals surface area contributed by atoms with Crippen LogP contribution in [0.25, 0.3) is 0 Å². The number of ether oxygens (including phenoxy) is 1. The first-order valence-electron chi connectivity index (χ1n) is 4.53. The van der Waals surface area contributed by atoms with Crippen molar-refractivity contribution in [1.29, 1.82) is 0 Å². The third-order valence-electron chi connectivity index (χ3n) is 2.99. The molecule has 0 bridgehead atoms. The van der Waals surface area contributed by atoms with Crippen molar-refractivity contribution in [3.63, 3.8) is 0 Å². The molecule has 4 heteroatoms. The summed E-state index contributed by atoms with van der Waals surface area (Å²) in [6.07, 6.45) is 0.775. The molecular weight excluding hydrogens is 168 g/mol. The van der Waals surface area contributed by atoms with E-state index < -0.39 is 5.41 Å². The van der Waals surface area contributed by atoms with E-state index >= 15 is 0 Å². The monoisotopic (exact) mass is 186 g/mol. The smallest absolute Gasteiger partial charge is 0.313 e. The van der Waals surface area contributed by atoms with Gasteiger partial charge in [-0.3, -0.25) is 4.79 Å². The zero-order chi connectivity index (χ0) is 10.1. The number of nitrogens with two attached hydrogens (primary N) is 1. The van der Waals surface area contributed by atoms with Crippen LogP contribution in [0.1, 0.15) is 13.3 Å². The summed E-state index contributed by atoms with van der Waals surface area (Å²) in [5.74, 6) is -0.187. The van der Waals surface area contributed by atoms with Crippen LogP contribution in [0, 0.1) is 5.41 Å². The van der Waals surface area contributed by atoms with Gasteiger partial charge in [0.15, 0.2) is 0 Å². The van der Waals surface area contributed by atoms with Gasteiger partial charge in [-0.2, -0.15) is 0 Å². The number of hydrogen-bond acceptors (Lipinski definition) is 4. The van der Waals surface area contributed by atoms with E-state index in [9.17, 15) is 4.79 Å². The van der Waals surface area contributed by atoms with Crippen LogP contribution in [-0.2, 0) is 9.53 Å². The SMILES string of the molecule is COC(=O)C1(C)CCN(C)CC1N. The van der Waals surface area contributed by atoms with Crippen molar-refractivity contribution in [3.8, 4) is 0 Å². The van der Waals surface area contributed by atoms with Crippen LogP contribution in [0.3, 0.4) is 0 Å². The van der Waals surface area contributed by atoms with E-state index in [1.807, 2.05) is 14.0 Å². The van der Waals surface area contributed by atoms with E-state index in [4.69, 9.17) is 10.5 Å². The van der Waals surface area contributed by atoms with E-state index in [0.717, 1.165) is 19.5 Å². The second-order valence-electron chi connectivity index (χ2n) is 4.03. The molecule has 1 fully saturated rings. The topological polar surface area (TPSA) is 55.6 Å². The highest BCUT2D eigenvalue weighted by Gasteiger charge is 2.43. The third-order valence-corrected chi connectivity index (χ3v) is 2.99. The summed E-state index contributed by atoms with van der Waals surface area (Å²) in [6.45, 7) is 3.54. The number of nitrogens with zero attached hydrogens (tertiary/aromatic N) is 1. The highest BCUT2D eigenvalue weighted by atomic mass is 16.5. The first-order chi connectivity index (χ1) is 6.00. The van der Waals surface area contributed by atoms with E-state index in [0.29, 0.717) is 0 Å². The molecule has 1 saturated heterocycles. The molecule has 0 saturated carbocycles. The Bertz CT molecular complexity index is 208. The number of carbonyl (C=O) groups is 1. The standard InChI is InChI=1S/C9H18N2O2/c1-9(8(12)13-3)4-5-11(2)6-7(9)10/h7H,4-6,10H2,1-3H3. The summed E-state index contributed by atoms with van der Waals surface area (Å²) in [4.78, 5) is 13.6. The Hall–Kier alpha value is -0.610. The molecule has 2 N–H and O–H groups in total. The summed E-state index contributed by atoms with van der Waals surface area (Å²) in [6, 6.07) is -0.126. The quantitative estimate of drug-likeness (QED) is 0.578. The zero-order valence-electron chi connectivity index (χ0n) is 8.54. The van der Waals surface area contributed by atoms with Crippen LogP contribution < -0.4 is 5.73 Å². The average molecular weight is 186 g/mol. The lowest BCUT2D eigenvalue weighted by Crippen LogP contribution is -2.56. The number of hydrogen-bond donors (Lipinski definition) is 1. The maximum Gasteiger partial charge on any atom is 0.313 e. The summed E-state index contributed by atoms with van der Waals surface area (Å²) >= 11 is 0. The van der Waals surface area contributed by atoms with Gasteiger partial charge in [0.1, 0.15) is 0 Å². The Labute approximate surface area is 79.0 Å². The average Bonchev–Trinajstić information content (AvgIpc) is 2.11. The van der Waals surface area contributed by atoms with Gasteiger partial charge in [0, 0.05) is 12.6 Å². The Morgan fingerprint density at radius 1 is 1.69 bits per heavy atom. The number of esters is 1. The van der Waals surface area contributed by atoms with Crippen molar-refractivity contribution in [2.45, 2.75) is 19.4 Å². The molecule has 13 heavy (non-hydrogen) atoms. The van der Waals surface area contributed by atoms with Crippen molar-refractivity contribution >= 4 is 5.97 Å². The molecule has 0 aliphatic carbocycles. The van der Waals surface area contributed by atoms with Gasteiger partial charge in [-0.1, -0.05) is 0 Å². The fourth-order valence-corrected chi connectivity index (χ4v) is 1.72. The second-order valence-corrected chi connectivity index (χ2v) is 4.03. The maximum atomic E-state index is 11.5. The number of likely N-dealkylation sites (N-methyl/N-ethyl adjacent to an activating group) is 1. The molecule has 76 valence electrons. The van der Waals surface area contributed by atoms with Crippen LogP contribution in [0.4, 0.5) is 0 Å². The Morgan fingerprint density at radius 2 is 2.31 bits per heavy atom. The Morgan fingerprint density at radius 3 is 2.77 bits per heavy atom. The minimum absolute atomic E-state index is 0.126. The molecule has 1 aliphatic rings. The normalized spacial score (nSPS) is 35.8. The zero-order valence-corrected chi connectivity index (χ0v) is 8.54. The van der Waals surface area contributed by atoms with Crippen molar-refractivity contribution in [1.82, 2.24) is 4.90 Å². The van der Waals surface area contributed by atoms with Crippen LogP contribution >= 0.6 is 0 Å². The Balaban J connectivity index is 2.73. The molecule has 1 rings (SSSR count). The largest absolute Gasteiger partial charge is 0.469 e. The van der Waals surface area contributed by atoms with Gasteiger partial charge in [0.25, 0.3) is 0 Å². The lowest BCUT2D eigenvalue weighted by molar-refractivity contribution is -0.155. The van der Waals surface area contributed by atoms with Gasteiger partial charge in [-0.25, -0.2) is 0 Å². The van der Waals surface area contributed by atoms with Crippen molar-refractivity contribution in [2.75, 3.05) is 27.2 Å². The van der Waals surface area contributed by atoms with E-state index in [1.165, 1.54) is 7.11 Å². The highest BCUT2D eigenvalue weighted by molar-refractivity contribution is 5.77. The summed E-state index contributed by atoms with van der Waals surface area (Å²) in [5, 5.41) is 0. The molecule has 0 radical (unpaired) electrons. The number of piperidine rings is 1. The Kier molecular flexibility index (Phi) is 2.93. The number of carbonyl (C=O) groups excluding carboxylic acids is 1. The molecular formula is C9H18N2O2. The van der Waals surface area contributed by atoms with Gasteiger partial charge >= 0.3 is 5.97 Å². The third kappa shape index (κ3) is 1.84. The van der Waals surface area contributed by atoms with E-state index in [1.54, 1.807) is 0 Å². The predicted molar refractivity (Wildman–Crippen MR) is 50.2 cm³/mol. The molecule has 2 unspecified atom stereocenters. The van der Waals surface area contributed by atoms with Crippen molar-refractivity contribution in [3.05, 3.63) is 0 Å². The van der Waals surface area contributed by atoms with Gasteiger partial charge in [-0.05, 0) is 26.9 Å². The maximum absolute atomic E-state index is 11.5. The molecule has 2 atom stereocenters. The highest BCUT2D eigenvalue weighted by Crippen LogP contribution is 2.30. The molecule has 0 spiro atoms. The van der Waals surface area contributed by atoms with Crippen LogP contribution in [0.2, 0.25) is 0 Å². The fraction of sp³-hybridized carbons (Fsp3) is 0.889. The molecule has 0 aromatic carbocycles. The van der Waals surface area contributed by atoms with Crippen LogP contribution in [-0.4, -0.2) is 44.2 Å². The first-order valence-corrected chi connectivity index (χ1v) is 4.53. The minimum Gasteiger partial charge on any atom is -0.469 e. The lowest BCUT2D eigenvalue weighted by Gasteiger charge is -2.40. The van der Waals surface area contributed by atoms with Gasteiger partial charge < -0.3 is 15.4 Å². The van der Waals surface area contributed by atoms with Crippen LogP contribution in [0.15, 0.2) is 0 Å².